The van der Waals surface area contributed by atoms with E-state index in [4.69, 9.17) is 34.1 Å². The molecule has 0 aromatic carbocycles. The number of hydrogen-bond acceptors (Lipinski definition) is 2. The third-order valence-electron chi connectivity index (χ3n) is 0.770. The molecule has 0 bridgehead atoms. The summed E-state index contributed by atoms with van der Waals surface area (Å²) in [6.45, 7) is 0.303. The van der Waals surface area contributed by atoms with E-state index in [1.54, 1.807) is 0 Å². The molecule has 2 nitrogen and oxygen atoms in total. The minimum Gasteiger partial charge on any atom is -0.306 e. The zero-order valence-corrected chi connectivity index (χ0v) is 8.39. The summed E-state index contributed by atoms with van der Waals surface area (Å²) in [5.74, 6) is 0.568. The van der Waals surface area contributed by atoms with Crippen LogP contribution in [0.25, 0.3) is 0 Å². The van der Waals surface area contributed by atoms with Gasteiger partial charge in [-0.15, -0.1) is 11.6 Å². The summed E-state index contributed by atoms with van der Waals surface area (Å²) in [6, 6.07) is 0. The highest BCUT2D eigenvalue weighted by molar-refractivity contribution is 8.05. The average Bonchev–Trinajstić information content (AvgIpc) is 1.78. The maximum atomic E-state index is 10.5. The molecule has 0 aromatic heterocycles. The molecule has 0 fully saturated rings. The van der Waals surface area contributed by atoms with Gasteiger partial charge in [-0.05, 0) is 35.3 Å². The van der Waals surface area contributed by atoms with E-state index in [-0.39, 0.29) is 0 Å². The fraction of sp³-hybridized carbons (Fsp3) is 1.00. The second-order valence-electron chi connectivity index (χ2n) is 1.64. The van der Waals surface area contributed by atoms with Crippen molar-refractivity contribution in [2.24, 2.45) is 0 Å². The first-order valence-corrected chi connectivity index (χ1v) is 6.73. The predicted octanol–water partition coefficient (Wildman–Crippen LogP) is 3.61. The van der Waals surface area contributed by atoms with Crippen LogP contribution in [0.3, 0.4) is 0 Å². The average molecular weight is 225 g/mol. The van der Waals surface area contributed by atoms with E-state index in [0.29, 0.717) is 12.5 Å². The normalized spacial score (nSPS) is 11.9. The summed E-state index contributed by atoms with van der Waals surface area (Å²) in [5, 5.41) is 0. The Hall–Kier alpha value is 1.06. The molecule has 0 aliphatic rings. The molecule has 0 rings (SSSR count). The molecule has 0 unspecified atom stereocenters. The molecule has 0 saturated heterocycles. The van der Waals surface area contributed by atoms with Crippen molar-refractivity contribution in [2.45, 2.75) is 12.8 Å². The van der Waals surface area contributed by atoms with Crippen molar-refractivity contribution in [3.8, 4) is 0 Å². The largest absolute Gasteiger partial charge is 0.380 e. The van der Waals surface area contributed by atoms with Gasteiger partial charge in [0.25, 0.3) is 0 Å². The molecule has 0 atom stereocenters. The summed E-state index contributed by atoms with van der Waals surface area (Å²) in [7, 11) is 0. The molecular formula is C4H8Cl3O2P. The monoisotopic (exact) mass is 224 g/mol. The Morgan fingerprint density at radius 3 is 2.30 bits per heavy atom. The van der Waals surface area contributed by atoms with Crippen molar-refractivity contribution in [1.82, 2.24) is 0 Å². The standard InChI is InChI=1S/C4H8Cl3O2P/c5-3-1-2-4-9-10(6,7)8/h1-4H2. The van der Waals surface area contributed by atoms with Crippen LogP contribution < -0.4 is 0 Å². The number of halogens is 3. The lowest BCUT2D eigenvalue weighted by molar-refractivity contribution is 0.325. The Morgan fingerprint density at radius 1 is 1.30 bits per heavy atom. The predicted molar refractivity (Wildman–Crippen MR) is 45.2 cm³/mol. The van der Waals surface area contributed by atoms with Crippen molar-refractivity contribution < 1.29 is 9.09 Å². The van der Waals surface area contributed by atoms with Crippen LogP contribution in [0, 0.1) is 0 Å². The molecule has 0 aliphatic carbocycles. The molecule has 0 heterocycles. The highest BCUT2D eigenvalue weighted by Gasteiger charge is 2.12. The van der Waals surface area contributed by atoms with Gasteiger partial charge in [0.1, 0.15) is 0 Å². The quantitative estimate of drug-likeness (QED) is 0.406. The van der Waals surface area contributed by atoms with E-state index >= 15 is 0 Å². The molecular weight excluding hydrogens is 217 g/mol. The minimum absolute atomic E-state index is 0.303. The Morgan fingerprint density at radius 2 is 1.90 bits per heavy atom. The summed E-state index contributed by atoms with van der Waals surface area (Å²) >= 11 is 15.5. The molecule has 0 radical (unpaired) electrons. The van der Waals surface area contributed by atoms with Crippen molar-refractivity contribution >= 4 is 40.2 Å². The second kappa shape index (κ2) is 5.68. The summed E-state index contributed by atoms with van der Waals surface area (Å²) in [5.41, 5.74) is 0. The molecule has 0 spiro atoms. The summed E-state index contributed by atoms with van der Waals surface area (Å²) in [4.78, 5) is 0. The summed E-state index contributed by atoms with van der Waals surface area (Å²) in [6.07, 6.45) is -1.76. The van der Waals surface area contributed by atoms with Gasteiger partial charge in [0, 0.05) is 5.88 Å². The molecule has 0 aliphatic heterocycles. The first kappa shape index (κ1) is 11.1. The van der Waals surface area contributed by atoms with E-state index in [1.165, 1.54) is 0 Å². The van der Waals surface area contributed by atoms with Crippen LogP contribution in [0.1, 0.15) is 12.8 Å². The van der Waals surface area contributed by atoms with Gasteiger partial charge in [0.05, 0.1) is 6.61 Å². The number of unbranched alkanes of at least 4 members (excludes halogenated alkanes) is 1. The van der Waals surface area contributed by atoms with Gasteiger partial charge >= 0.3 is 6.07 Å². The van der Waals surface area contributed by atoms with Gasteiger partial charge in [-0.3, -0.25) is 4.57 Å². The topological polar surface area (TPSA) is 26.3 Å². The third-order valence-corrected chi connectivity index (χ3v) is 2.11. The fourth-order valence-electron chi connectivity index (χ4n) is 0.367. The Bertz CT molecular complexity index is 124. The number of alkyl halides is 1. The molecule has 0 amide bonds. The van der Waals surface area contributed by atoms with Crippen LogP contribution in [0.15, 0.2) is 0 Å². The van der Waals surface area contributed by atoms with Gasteiger partial charge in [0.2, 0.25) is 0 Å². The van der Waals surface area contributed by atoms with Crippen LogP contribution in [-0.2, 0) is 9.09 Å². The Labute approximate surface area is 74.8 Å². The van der Waals surface area contributed by atoms with Gasteiger partial charge in [-0.25, -0.2) is 0 Å². The Kier molecular flexibility index (Phi) is 6.28. The van der Waals surface area contributed by atoms with Crippen LogP contribution in [-0.4, -0.2) is 12.5 Å². The zero-order chi connectivity index (χ0) is 8.04. The SMILES string of the molecule is O=P(Cl)(Cl)OCCCCCl. The van der Waals surface area contributed by atoms with Gasteiger partial charge in [-0.1, -0.05) is 0 Å². The fourth-order valence-corrected chi connectivity index (χ4v) is 1.31. The second-order valence-corrected chi connectivity index (χ2v) is 6.30. The first-order valence-electron chi connectivity index (χ1n) is 2.76. The molecule has 10 heavy (non-hydrogen) atoms. The van der Waals surface area contributed by atoms with Crippen molar-refractivity contribution in [3.63, 3.8) is 0 Å². The highest BCUT2D eigenvalue weighted by Crippen LogP contribution is 2.57. The lowest BCUT2D eigenvalue weighted by Gasteiger charge is -2.01. The van der Waals surface area contributed by atoms with E-state index in [9.17, 15) is 4.57 Å². The van der Waals surface area contributed by atoms with Gasteiger partial charge < -0.3 is 4.52 Å². The first-order chi connectivity index (χ1) is 4.56. The maximum Gasteiger partial charge on any atom is 0.380 e. The lowest BCUT2D eigenvalue weighted by Crippen LogP contribution is -1.87. The van der Waals surface area contributed by atoms with Crippen LogP contribution in [0.4, 0.5) is 0 Å². The van der Waals surface area contributed by atoms with E-state index in [0.717, 1.165) is 12.8 Å². The molecule has 62 valence electrons. The van der Waals surface area contributed by atoms with E-state index in [1.807, 2.05) is 0 Å². The Balaban J connectivity index is 3.13. The third kappa shape index (κ3) is 9.06. The van der Waals surface area contributed by atoms with Crippen molar-refractivity contribution in [2.75, 3.05) is 12.5 Å². The van der Waals surface area contributed by atoms with Crippen molar-refractivity contribution in [3.05, 3.63) is 0 Å². The van der Waals surface area contributed by atoms with Crippen LogP contribution in [0.5, 0.6) is 0 Å². The molecule has 0 N–H and O–H groups in total. The molecule has 6 heteroatoms. The van der Waals surface area contributed by atoms with E-state index in [2.05, 4.69) is 4.52 Å². The van der Waals surface area contributed by atoms with Gasteiger partial charge in [-0.2, -0.15) is 0 Å². The molecule has 0 aromatic rings. The minimum atomic E-state index is -3.30. The molecule has 0 saturated carbocycles. The number of rotatable bonds is 5. The highest BCUT2D eigenvalue weighted by atomic mass is 35.9. The van der Waals surface area contributed by atoms with E-state index < -0.39 is 6.07 Å². The smallest absolute Gasteiger partial charge is 0.306 e. The summed E-state index contributed by atoms with van der Waals surface area (Å²) < 4.78 is 15.0. The van der Waals surface area contributed by atoms with Crippen LogP contribution >= 0.6 is 40.2 Å². The van der Waals surface area contributed by atoms with Gasteiger partial charge in [0.15, 0.2) is 0 Å². The van der Waals surface area contributed by atoms with Crippen molar-refractivity contribution in [1.29, 1.82) is 0 Å². The maximum absolute atomic E-state index is 10.5. The lowest BCUT2D eigenvalue weighted by atomic mass is 10.4. The number of hydrogen-bond donors (Lipinski definition) is 0. The zero-order valence-electron chi connectivity index (χ0n) is 5.23. The van der Waals surface area contributed by atoms with Crippen LogP contribution in [0.2, 0.25) is 0 Å².